The van der Waals surface area contributed by atoms with Gasteiger partial charge < -0.3 is 10.2 Å². The van der Waals surface area contributed by atoms with Crippen molar-refractivity contribution in [2.45, 2.75) is 12.8 Å². The summed E-state index contributed by atoms with van der Waals surface area (Å²) in [6.45, 7) is 1.97. The molecule has 0 spiro atoms. The number of aromatic nitrogens is 1. The molecule has 1 saturated heterocycles. The highest BCUT2D eigenvalue weighted by Crippen LogP contribution is 2.28. The van der Waals surface area contributed by atoms with E-state index in [0.717, 1.165) is 5.56 Å². The van der Waals surface area contributed by atoms with Gasteiger partial charge in [0.05, 0.1) is 18.2 Å². The van der Waals surface area contributed by atoms with Crippen LogP contribution in [0.4, 0.5) is 10.5 Å². The molecule has 6 nitrogen and oxygen atoms in total. The first-order valence-corrected chi connectivity index (χ1v) is 10.4. The van der Waals surface area contributed by atoms with E-state index in [1.165, 1.54) is 6.92 Å². The maximum absolute atomic E-state index is 13.3. The van der Waals surface area contributed by atoms with Crippen molar-refractivity contribution in [1.29, 1.82) is 0 Å². The average molecular weight is 425 g/mol. The minimum atomic E-state index is -0.453. The Balaban J connectivity index is 1.60. The van der Waals surface area contributed by atoms with Crippen molar-refractivity contribution in [2.75, 3.05) is 18.4 Å². The summed E-state index contributed by atoms with van der Waals surface area (Å²) in [6.07, 6.45) is 3.42. The summed E-state index contributed by atoms with van der Waals surface area (Å²) in [6, 6.07) is 21.4. The number of nitrogens with one attached hydrogen (secondary N) is 1. The molecule has 0 saturated carbocycles. The van der Waals surface area contributed by atoms with Crippen molar-refractivity contribution in [1.82, 2.24) is 9.88 Å². The lowest BCUT2D eigenvalue weighted by atomic mass is 9.86. The molecular formula is C26H23N3O3. The molecule has 160 valence electrons. The Morgan fingerprint density at radius 3 is 2.38 bits per heavy atom. The Morgan fingerprint density at radius 1 is 1.00 bits per heavy atom. The number of hydrogen-bond acceptors (Lipinski definition) is 4. The third kappa shape index (κ3) is 4.81. The fraction of sp³-hybridized carbons (Fsp3) is 0.154. The summed E-state index contributed by atoms with van der Waals surface area (Å²) in [7, 11) is 0. The summed E-state index contributed by atoms with van der Waals surface area (Å²) in [4.78, 5) is 43.7. The molecule has 0 bridgehead atoms. The van der Waals surface area contributed by atoms with E-state index in [4.69, 9.17) is 0 Å². The fourth-order valence-electron chi connectivity index (χ4n) is 3.72. The van der Waals surface area contributed by atoms with E-state index >= 15 is 0 Å². The number of carbonyl (C=O) groups excluding carboxylic acids is 3. The number of nitrogens with zero attached hydrogens (tertiary/aromatic N) is 2. The summed E-state index contributed by atoms with van der Waals surface area (Å²) in [5.41, 5.74) is 3.24. The van der Waals surface area contributed by atoms with Crippen molar-refractivity contribution < 1.29 is 14.4 Å². The van der Waals surface area contributed by atoms with Gasteiger partial charge in [0.25, 0.3) is 0 Å². The van der Waals surface area contributed by atoms with Crippen LogP contribution >= 0.6 is 0 Å². The van der Waals surface area contributed by atoms with Gasteiger partial charge >= 0.3 is 6.03 Å². The van der Waals surface area contributed by atoms with Gasteiger partial charge in [0.15, 0.2) is 11.6 Å². The summed E-state index contributed by atoms with van der Waals surface area (Å²) in [5.74, 6) is -0.491. The lowest BCUT2D eigenvalue weighted by Crippen LogP contribution is -2.46. The number of benzene rings is 2. The van der Waals surface area contributed by atoms with Gasteiger partial charge in [-0.25, -0.2) is 4.79 Å². The Hall–Kier alpha value is -4.06. The standard InChI is InChI=1S/C26H23N3O3/c1-18(30)19-10-12-22(13-11-19)28-26(32)29-16-21(15-23-9-5-6-14-27-23)25(31)24(17-29)20-7-3-2-4-8-20/h2-15,24H,16-17H2,1H3,(H,28,32). The second-order valence-corrected chi connectivity index (χ2v) is 7.70. The SMILES string of the molecule is CC(=O)c1ccc(NC(=O)N2CC(=Cc3ccccn3)C(=O)C(c3ccccc3)C2)cc1. The van der Waals surface area contributed by atoms with E-state index < -0.39 is 5.92 Å². The van der Waals surface area contributed by atoms with Crippen LogP contribution in [-0.4, -0.2) is 40.6 Å². The van der Waals surface area contributed by atoms with Crippen LogP contribution in [0.1, 0.15) is 34.5 Å². The molecule has 1 atom stereocenters. The molecule has 1 unspecified atom stereocenters. The van der Waals surface area contributed by atoms with Crippen molar-refractivity contribution in [3.63, 3.8) is 0 Å². The average Bonchev–Trinajstić information content (AvgIpc) is 2.82. The lowest BCUT2D eigenvalue weighted by Gasteiger charge is -2.33. The number of Topliss-reactive ketones (excluding diaryl/α,β-unsaturated/α-hetero) is 2. The third-order valence-electron chi connectivity index (χ3n) is 5.44. The smallest absolute Gasteiger partial charge is 0.319 e. The number of ketones is 2. The second kappa shape index (κ2) is 9.39. The number of urea groups is 1. The van der Waals surface area contributed by atoms with Gasteiger partial charge in [-0.15, -0.1) is 0 Å². The topological polar surface area (TPSA) is 79.4 Å². The first-order chi connectivity index (χ1) is 15.5. The van der Waals surface area contributed by atoms with Crippen LogP contribution in [0.3, 0.4) is 0 Å². The number of rotatable bonds is 4. The highest BCUT2D eigenvalue weighted by molar-refractivity contribution is 6.06. The Morgan fingerprint density at radius 2 is 1.72 bits per heavy atom. The molecule has 32 heavy (non-hydrogen) atoms. The molecule has 0 aliphatic carbocycles. The van der Waals surface area contributed by atoms with E-state index in [-0.39, 0.29) is 30.7 Å². The number of likely N-dealkylation sites (tertiary alicyclic amines) is 1. The molecule has 1 aliphatic heterocycles. The van der Waals surface area contributed by atoms with Crippen molar-refractivity contribution in [3.8, 4) is 0 Å². The number of pyridine rings is 1. The molecule has 1 fully saturated rings. The summed E-state index contributed by atoms with van der Waals surface area (Å²) < 4.78 is 0. The second-order valence-electron chi connectivity index (χ2n) is 7.70. The zero-order valence-electron chi connectivity index (χ0n) is 17.7. The quantitative estimate of drug-likeness (QED) is 0.491. The largest absolute Gasteiger partial charge is 0.322 e. The molecule has 1 aromatic heterocycles. The van der Waals surface area contributed by atoms with Crippen LogP contribution in [0.15, 0.2) is 84.6 Å². The molecular weight excluding hydrogens is 402 g/mol. The van der Waals surface area contributed by atoms with Crippen molar-refractivity contribution in [2.24, 2.45) is 0 Å². The number of anilines is 1. The Bertz CT molecular complexity index is 1160. The first-order valence-electron chi connectivity index (χ1n) is 10.4. The van der Waals surface area contributed by atoms with E-state index in [2.05, 4.69) is 10.3 Å². The molecule has 1 aliphatic rings. The fourth-order valence-corrected chi connectivity index (χ4v) is 3.72. The number of carbonyl (C=O) groups is 3. The zero-order chi connectivity index (χ0) is 22.5. The minimum absolute atomic E-state index is 0.00304. The van der Waals surface area contributed by atoms with E-state index in [0.29, 0.717) is 22.5 Å². The van der Waals surface area contributed by atoms with Crippen LogP contribution < -0.4 is 5.32 Å². The van der Waals surface area contributed by atoms with Gasteiger partial charge in [-0.3, -0.25) is 14.6 Å². The third-order valence-corrected chi connectivity index (χ3v) is 5.44. The van der Waals surface area contributed by atoms with Gasteiger partial charge in [0.2, 0.25) is 0 Å². The number of hydrogen-bond donors (Lipinski definition) is 1. The van der Waals surface area contributed by atoms with Crippen molar-refractivity contribution >= 4 is 29.4 Å². The highest BCUT2D eigenvalue weighted by atomic mass is 16.2. The highest BCUT2D eigenvalue weighted by Gasteiger charge is 2.34. The predicted octanol–water partition coefficient (Wildman–Crippen LogP) is 4.57. The van der Waals surface area contributed by atoms with E-state index in [1.807, 2.05) is 48.5 Å². The zero-order valence-corrected chi connectivity index (χ0v) is 17.7. The normalized spacial score (nSPS) is 17.3. The van der Waals surface area contributed by atoms with Crippen LogP contribution in [-0.2, 0) is 4.79 Å². The minimum Gasteiger partial charge on any atom is -0.319 e. The molecule has 3 aromatic rings. The predicted molar refractivity (Wildman–Crippen MR) is 123 cm³/mol. The van der Waals surface area contributed by atoms with Gasteiger partial charge in [-0.05, 0) is 55.0 Å². The maximum atomic E-state index is 13.3. The molecule has 4 rings (SSSR count). The molecule has 2 heterocycles. The molecule has 6 heteroatoms. The van der Waals surface area contributed by atoms with Gasteiger partial charge in [-0.1, -0.05) is 36.4 Å². The number of piperidine rings is 1. The van der Waals surface area contributed by atoms with Gasteiger partial charge in [0, 0.05) is 29.6 Å². The first kappa shape index (κ1) is 21.2. The van der Waals surface area contributed by atoms with Gasteiger partial charge in [-0.2, -0.15) is 0 Å². The van der Waals surface area contributed by atoms with E-state index in [9.17, 15) is 14.4 Å². The lowest BCUT2D eigenvalue weighted by molar-refractivity contribution is -0.118. The van der Waals surface area contributed by atoms with Crippen LogP contribution in [0, 0.1) is 0 Å². The van der Waals surface area contributed by atoms with Crippen molar-refractivity contribution in [3.05, 3.63) is 101 Å². The van der Waals surface area contributed by atoms with E-state index in [1.54, 1.807) is 41.4 Å². The Labute approximate surface area is 186 Å². The monoisotopic (exact) mass is 425 g/mol. The van der Waals surface area contributed by atoms with Crippen LogP contribution in [0.5, 0.6) is 0 Å². The Kier molecular flexibility index (Phi) is 6.22. The van der Waals surface area contributed by atoms with Gasteiger partial charge in [0.1, 0.15) is 0 Å². The molecule has 0 radical (unpaired) electrons. The maximum Gasteiger partial charge on any atom is 0.322 e. The molecule has 2 aromatic carbocycles. The van der Waals surface area contributed by atoms with Crippen LogP contribution in [0.25, 0.3) is 6.08 Å². The number of amides is 2. The summed E-state index contributed by atoms with van der Waals surface area (Å²) >= 11 is 0. The van der Waals surface area contributed by atoms with Crippen LogP contribution in [0.2, 0.25) is 0 Å². The molecule has 2 amide bonds. The molecule has 1 N–H and O–H groups in total. The summed E-state index contributed by atoms with van der Waals surface area (Å²) in [5, 5.41) is 2.87.